The Kier molecular flexibility index (Phi) is 6.44. The molecule has 1 atom stereocenters. The summed E-state index contributed by atoms with van der Waals surface area (Å²) in [6.45, 7) is 0. The Morgan fingerprint density at radius 2 is 2.20 bits per heavy atom. The van der Waals surface area contributed by atoms with Crippen molar-refractivity contribution in [3.05, 3.63) is 28.5 Å². The van der Waals surface area contributed by atoms with Gasteiger partial charge in [-0.1, -0.05) is 15.9 Å². The molecule has 2 N–H and O–H groups in total. The molecule has 1 rings (SSSR count). The van der Waals surface area contributed by atoms with E-state index in [4.69, 9.17) is 5.11 Å². The molecule has 0 heterocycles. The minimum atomic E-state index is -4.22. The number of thioether (sulfide) groups is 1. The van der Waals surface area contributed by atoms with Crippen LogP contribution in [0.5, 0.6) is 0 Å². The van der Waals surface area contributed by atoms with Gasteiger partial charge in [0.25, 0.3) is 0 Å². The third-order valence-corrected chi connectivity index (χ3v) is 5.03. The van der Waals surface area contributed by atoms with Crippen molar-refractivity contribution < 1.29 is 22.7 Å². The maximum atomic E-state index is 13.6. The van der Waals surface area contributed by atoms with Crippen LogP contribution in [-0.4, -0.2) is 37.5 Å². The zero-order valence-corrected chi connectivity index (χ0v) is 13.7. The average molecular weight is 386 g/mol. The van der Waals surface area contributed by atoms with Crippen molar-refractivity contribution >= 4 is 43.7 Å². The summed E-state index contributed by atoms with van der Waals surface area (Å²) < 4.78 is 40.1. The second-order valence-electron chi connectivity index (χ2n) is 3.87. The monoisotopic (exact) mass is 385 g/mol. The summed E-state index contributed by atoms with van der Waals surface area (Å²) >= 11 is 4.42. The van der Waals surface area contributed by atoms with Gasteiger partial charge in [0, 0.05) is 4.47 Å². The number of rotatable bonds is 7. The van der Waals surface area contributed by atoms with Crippen LogP contribution >= 0.6 is 27.7 Å². The quantitative estimate of drug-likeness (QED) is 0.750. The van der Waals surface area contributed by atoms with E-state index in [0.717, 1.165) is 12.1 Å². The fourth-order valence-electron chi connectivity index (χ4n) is 1.41. The smallest absolute Gasteiger partial charge is 0.321 e. The Morgan fingerprint density at radius 1 is 1.55 bits per heavy atom. The second-order valence-corrected chi connectivity index (χ2v) is 7.45. The number of halogens is 2. The summed E-state index contributed by atoms with van der Waals surface area (Å²) in [5, 5.41) is 8.99. The maximum Gasteiger partial charge on any atom is 0.321 e. The fourth-order valence-corrected chi connectivity index (χ4v) is 3.50. The van der Waals surface area contributed by atoms with E-state index in [1.807, 2.05) is 4.72 Å². The largest absolute Gasteiger partial charge is 0.480 e. The van der Waals surface area contributed by atoms with Gasteiger partial charge in [-0.05, 0) is 36.6 Å². The Morgan fingerprint density at radius 3 is 2.70 bits per heavy atom. The second kappa shape index (κ2) is 7.39. The van der Waals surface area contributed by atoms with Crippen molar-refractivity contribution in [1.29, 1.82) is 0 Å². The van der Waals surface area contributed by atoms with Crippen LogP contribution in [0.4, 0.5) is 4.39 Å². The number of nitrogens with one attached hydrogen (secondary N) is 1. The molecular weight excluding hydrogens is 373 g/mol. The number of carbonyl (C=O) groups is 1. The van der Waals surface area contributed by atoms with Gasteiger partial charge in [0.05, 0.1) is 0 Å². The number of aliphatic carboxylic acids is 1. The van der Waals surface area contributed by atoms with Gasteiger partial charge >= 0.3 is 5.97 Å². The van der Waals surface area contributed by atoms with Crippen LogP contribution in [0.1, 0.15) is 6.42 Å². The predicted molar refractivity (Wildman–Crippen MR) is 78.8 cm³/mol. The van der Waals surface area contributed by atoms with Gasteiger partial charge < -0.3 is 5.11 Å². The molecule has 0 aromatic heterocycles. The standard InChI is InChI=1S/C11H13BrFNO4S2/c1-19-5-4-9(11(15)16)14-20(17,18)10-3-2-7(12)6-8(10)13/h2-3,6,9,14H,4-5H2,1H3,(H,15,16)/t9-/m1/s1. The minimum Gasteiger partial charge on any atom is -0.480 e. The summed E-state index contributed by atoms with van der Waals surface area (Å²) in [5.41, 5.74) is 0. The van der Waals surface area contributed by atoms with Crippen molar-refractivity contribution in [3.8, 4) is 0 Å². The highest BCUT2D eigenvalue weighted by Gasteiger charge is 2.27. The summed E-state index contributed by atoms with van der Waals surface area (Å²) in [7, 11) is -4.22. The molecular formula is C11H13BrFNO4S2. The first kappa shape index (κ1) is 17.4. The van der Waals surface area contributed by atoms with E-state index in [0.29, 0.717) is 10.2 Å². The van der Waals surface area contributed by atoms with Gasteiger partial charge in [-0.3, -0.25) is 4.79 Å². The van der Waals surface area contributed by atoms with E-state index in [-0.39, 0.29) is 6.42 Å². The lowest BCUT2D eigenvalue weighted by atomic mass is 10.2. The van der Waals surface area contributed by atoms with Crippen molar-refractivity contribution in [1.82, 2.24) is 4.72 Å². The molecule has 0 amide bonds. The summed E-state index contributed by atoms with van der Waals surface area (Å²) in [6, 6.07) is 2.17. The normalized spacial score (nSPS) is 13.2. The van der Waals surface area contributed by atoms with Crippen molar-refractivity contribution in [2.75, 3.05) is 12.0 Å². The van der Waals surface area contributed by atoms with Gasteiger partial charge in [-0.25, -0.2) is 12.8 Å². The highest BCUT2D eigenvalue weighted by molar-refractivity contribution is 9.10. The van der Waals surface area contributed by atoms with E-state index in [1.165, 1.54) is 17.8 Å². The first-order chi connectivity index (χ1) is 9.27. The molecule has 0 aliphatic heterocycles. The number of benzene rings is 1. The molecule has 0 aliphatic carbocycles. The van der Waals surface area contributed by atoms with Crippen LogP contribution < -0.4 is 4.72 Å². The topological polar surface area (TPSA) is 83.5 Å². The van der Waals surface area contributed by atoms with Crippen LogP contribution in [0.15, 0.2) is 27.6 Å². The lowest BCUT2D eigenvalue weighted by Gasteiger charge is -2.14. The van der Waals surface area contributed by atoms with E-state index in [1.54, 1.807) is 6.26 Å². The zero-order chi connectivity index (χ0) is 15.3. The molecule has 0 saturated heterocycles. The van der Waals surface area contributed by atoms with E-state index >= 15 is 0 Å². The first-order valence-electron chi connectivity index (χ1n) is 5.47. The molecule has 20 heavy (non-hydrogen) atoms. The zero-order valence-electron chi connectivity index (χ0n) is 10.5. The maximum absolute atomic E-state index is 13.6. The summed E-state index contributed by atoms with van der Waals surface area (Å²) in [5.74, 6) is -1.76. The molecule has 112 valence electrons. The Hall–Kier alpha value is -0.640. The first-order valence-corrected chi connectivity index (χ1v) is 9.14. The number of hydrogen-bond acceptors (Lipinski definition) is 4. The minimum absolute atomic E-state index is 0.119. The van der Waals surface area contributed by atoms with Crippen LogP contribution in [0.2, 0.25) is 0 Å². The Labute approximate surface area is 129 Å². The predicted octanol–water partition coefficient (Wildman–Crippen LogP) is 2.07. The van der Waals surface area contributed by atoms with E-state index in [9.17, 15) is 17.6 Å². The molecule has 0 unspecified atom stereocenters. The van der Waals surface area contributed by atoms with Gasteiger partial charge in [-0.15, -0.1) is 0 Å². The molecule has 0 fully saturated rings. The fraction of sp³-hybridized carbons (Fsp3) is 0.364. The third kappa shape index (κ3) is 4.72. The van der Waals surface area contributed by atoms with Gasteiger partial charge in [0.15, 0.2) is 0 Å². The highest BCUT2D eigenvalue weighted by Crippen LogP contribution is 2.20. The van der Waals surface area contributed by atoms with Crippen molar-refractivity contribution in [3.63, 3.8) is 0 Å². The molecule has 0 aliphatic rings. The Balaban J connectivity index is 3.00. The molecule has 0 saturated carbocycles. The number of hydrogen-bond donors (Lipinski definition) is 2. The molecule has 0 spiro atoms. The van der Waals surface area contributed by atoms with E-state index < -0.39 is 32.7 Å². The lowest BCUT2D eigenvalue weighted by molar-refractivity contribution is -0.139. The van der Waals surface area contributed by atoms with Crippen molar-refractivity contribution in [2.45, 2.75) is 17.4 Å². The highest BCUT2D eigenvalue weighted by atomic mass is 79.9. The molecule has 1 aromatic carbocycles. The summed E-state index contributed by atoms with van der Waals surface area (Å²) in [4.78, 5) is 10.4. The summed E-state index contributed by atoms with van der Waals surface area (Å²) in [6.07, 6.45) is 1.90. The SMILES string of the molecule is CSCC[C@@H](NS(=O)(=O)c1ccc(Br)cc1F)C(=O)O. The van der Waals surface area contributed by atoms with Crippen LogP contribution in [-0.2, 0) is 14.8 Å². The van der Waals surface area contributed by atoms with Crippen LogP contribution in [0, 0.1) is 5.82 Å². The number of sulfonamides is 1. The van der Waals surface area contributed by atoms with Crippen molar-refractivity contribution in [2.24, 2.45) is 0 Å². The van der Waals surface area contributed by atoms with Crippen LogP contribution in [0.25, 0.3) is 0 Å². The van der Waals surface area contributed by atoms with Gasteiger partial charge in [0.2, 0.25) is 10.0 Å². The molecule has 5 nitrogen and oxygen atoms in total. The molecule has 0 bridgehead atoms. The lowest BCUT2D eigenvalue weighted by Crippen LogP contribution is -2.41. The number of carboxylic acid groups (broad SMARTS) is 1. The molecule has 9 heteroatoms. The Bertz CT molecular complexity index is 594. The van der Waals surface area contributed by atoms with E-state index in [2.05, 4.69) is 15.9 Å². The third-order valence-electron chi connectivity index (χ3n) is 2.39. The number of carboxylic acids is 1. The van der Waals surface area contributed by atoms with Crippen LogP contribution in [0.3, 0.4) is 0 Å². The van der Waals surface area contributed by atoms with Gasteiger partial charge in [-0.2, -0.15) is 16.5 Å². The molecule has 1 aromatic rings. The van der Waals surface area contributed by atoms with Gasteiger partial charge in [0.1, 0.15) is 16.8 Å². The average Bonchev–Trinajstić information content (AvgIpc) is 2.33. The molecule has 0 radical (unpaired) electrons.